The number of hydrogen-bond donors (Lipinski definition) is 1. The lowest BCUT2D eigenvalue weighted by Gasteiger charge is -2.35. The maximum atomic E-state index is 13.5. The lowest BCUT2D eigenvalue weighted by molar-refractivity contribution is -0.152. The minimum absolute atomic E-state index is 0.102. The van der Waals surface area contributed by atoms with Crippen LogP contribution < -0.4 is 5.32 Å². The van der Waals surface area contributed by atoms with Gasteiger partial charge < -0.3 is 10.1 Å². The van der Waals surface area contributed by atoms with Gasteiger partial charge in [0.2, 0.25) is 5.91 Å². The second-order valence-electron chi connectivity index (χ2n) is 6.53. The molecule has 8 heteroatoms. The van der Waals surface area contributed by atoms with Gasteiger partial charge in [-0.3, -0.25) is 9.36 Å². The predicted octanol–water partition coefficient (Wildman–Crippen LogP) is 3.10. The van der Waals surface area contributed by atoms with E-state index in [-0.39, 0.29) is 23.4 Å². The molecular weight excluding hydrogens is 369 g/mol. The summed E-state index contributed by atoms with van der Waals surface area (Å²) in [5.41, 5.74) is -0.295. The van der Waals surface area contributed by atoms with Crippen molar-refractivity contribution in [3.8, 4) is 5.69 Å². The molecule has 1 fully saturated rings. The number of esters is 1. The Labute approximate surface area is 161 Å². The van der Waals surface area contributed by atoms with Crippen molar-refractivity contribution in [3.63, 3.8) is 0 Å². The first-order valence-electron chi connectivity index (χ1n) is 8.85. The number of carbonyl (C=O) groups excluding carboxylic acids is 2. The van der Waals surface area contributed by atoms with Crippen LogP contribution in [0.1, 0.15) is 32.1 Å². The predicted molar refractivity (Wildman–Crippen MR) is 100 cm³/mol. The summed E-state index contributed by atoms with van der Waals surface area (Å²) in [5, 5.41) is 3.46. The van der Waals surface area contributed by atoms with Crippen molar-refractivity contribution in [1.82, 2.24) is 14.9 Å². The molecule has 27 heavy (non-hydrogen) atoms. The Bertz CT molecular complexity index is 818. The summed E-state index contributed by atoms with van der Waals surface area (Å²) in [4.78, 5) is 29.0. The summed E-state index contributed by atoms with van der Waals surface area (Å²) in [5.74, 6) is -0.874. The molecule has 1 aliphatic carbocycles. The van der Waals surface area contributed by atoms with E-state index in [9.17, 15) is 14.0 Å². The molecule has 6 nitrogen and oxygen atoms in total. The number of thioether (sulfide) groups is 1. The van der Waals surface area contributed by atoms with Gasteiger partial charge in [0.05, 0.1) is 18.6 Å². The second-order valence-corrected chi connectivity index (χ2v) is 7.47. The van der Waals surface area contributed by atoms with Crippen LogP contribution in [0, 0.1) is 5.82 Å². The van der Waals surface area contributed by atoms with Crippen LogP contribution in [0.25, 0.3) is 5.69 Å². The maximum Gasteiger partial charge on any atom is 0.331 e. The fourth-order valence-corrected chi connectivity index (χ4v) is 4.16. The molecule has 0 atom stereocenters. The number of rotatable bonds is 6. The monoisotopic (exact) mass is 391 g/mol. The number of amides is 1. The Kier molecular flexibility index (Phi) is 6.15. The van der Waals surface area contributed by atoms with E-state index in [2.05, 4.69) is 10.3 Å². The Morgan fingerprint density at radius 1 is 1.33 bits per heavy atom. The minimum atomic E-state index is -0.928. The number of halogens is 1. The number of hydrogen-bond acceptors (Lipinski definition) is 5. The summed E-state index contributed by atoms with van der Waals surface area (Å²) in [6.07, 6.45) is 7.31. The zero-order valence-corrected chi connectivity index (χ0v) is 15.9. The first-order valence-corrected chi connectivity index (χ1v) is 9.84. The van der Waals surface area contributed by atoms with Crippen molar-refractivity contribution < 1.29 is 18.7 Å². The van der Waals surface area contributed by atoms with Crippen molar-refractivity contribution in [2.75, 3.05) is 12.9 Å². The number of aromatic nitrogens is 2. The molecule has 144 valence electrons. The van der Waals surface area contributed by atoms with Gasteiger partial charge in [-0.05, 0) is 31.0 Å². The van der Waals surface area contributed by atoms with Crippen molar-refractivity contribution in [1.29, 1.82) is 0 Å². The van der Waals surface area contributed by atoms with Gasteiger partial charge in [0, 0.05) is 12.4 Å². The number of nitrogens with one attached hydrogen (secondary N) is 1. The summed E-state index contributed by atoms with van der Waals surface area (Å²) in [7, 11) is 1.34. The van der Waals surface area contributed by atoms with Gasteiger partial charge in [-0.15, -0.1) is 0 Å². The molecule has 1 amide bonds. The van der Waals surface area contributed by atoms with Crippen LogP contribution in [0.15, 0.2) is 41.8 Å². The maximum absolute atomic E-state index is 13.5. The van der Waals surface area contributed by atoms with Gasteiger partial charge in [0.15, 0.2) is 5.16 Å². The molecule has 1 heterocycles. The summed E-state index contributed by atoms with van der Waals surface area (Å²) >= 11 is 1.23. The molecule has 1 aromatic carbocycles. The highest BCUT2D eigenvalue weighted by molar-refractivity contribution is 7.99. The van der Waals surface area contributed by atoms with E-state index < -0.39 is 5.54 Å². The normalized spacial score (nSPS) is 15.9. The lowest BCUT2D eigenvalue weighted by Crippen LogP contribution is -2.56. The molecule has 0 radical (unpaired) electrons. The van der Waals surface area contributed by atoms with Crippen molar-refractivity contribution in [2.24, 2.45) is 0 Å². The van der Waals surface area contributed by atoms with E-state index >= 15 is 0 Å². The summed E-state index contributed by atoms with van der Waals surface area (Å²) in [6.45, 7) is 0. The van der Waals surface area contributed by atoms with Gasteiger partial charge in [0.25, 0.3) is 0 Å². The fourth-order valence-electron chi connectivity index (χ4n) is 3.38. The van der Waals surface area contributed by atoms with E-state index in [0.29, 0.717) is 23.7 Å². The van der Waals surface area contributed by atoms with Gasteiger partial charge in [-0.1, -0.05) is 37.1 Å². The van der Waals surface area contributed by atoms with Gasteiger partial charge in [-0.2, -0.15) is 0 Å². The first-order chi connectivity index (χ1) is 13.0. The molecule has 0 bridgehead atoms. The molecule has 1 saturated carbocycles. The minimum Gasteiger partial charge on any atom is -0.467 e. The van der Waals surface area contributed by atoms with Crippen molar-refractivity contribution >= 4 is 23.6 Å². The number of ether oxygens (including phenoxy) is 1. The zero-order chi connectivity index (χ0) is 19.3. The third-order valence-electron chi connectivity index (χ3n) is 4.69. The quantitative estimate of drug-likeness (QED) is 0.605. The lowest BCUT2D eigenvalue weighted by atomic mass is 9.81. The third kappa shape index (κ3) is 4.50. The zero-order valence-electron chi connectivity index (χ0n) is 15.1. The second kappa shape index (κ2) is 8.56. The van der Waals surface area contributed by atoms with Gasteiger partial charge in [0.1, 0.15) is 11.4 Å². The largest absolute Gasteiger partial charge is 0.467 e. The first kappa shape index (κ1) is 19.4. The molecular formula is C19H22FN3O3S. The molecule has 0 spiro atoms. The van der Waals surface area contributed by atoms with E-state index in [1.165, 1.54) is 31.0 Å². The molecule has 1 aliphatic rings. The van der Waals surface area contributed by atoms with E-state index in [1.54, 1.807) is 29.1 Å². The highest BCUT2D eigenvalue weighted by Crippen LogP contribution is 2.30. The van der Waals surface area contributed by atoms with Crippen LogP contribution in [0.3, 0.4) is 0 Å². The van der Waals surface area contributed by atoms with Gasteiger partial charge in [-0.25, -0.2) is 14.2 Å². The number of nitrogens with zero attached hydrogens (tertiary/aromatic N) is 2. The van der Waals surface area contributed by atoms with Crippen LogP contribution in [-0.2, 0) is 14.3 Å². The molecule has 3 rings (SSSR count). The van der Waals surface area contributed by atoms with Crippen LogP contribution >= 0.6 is 11.8 Å². The average Bonchev–Trinajstić information content (AvgIpc) is 3.15. The smallest absolute Gasteiger partial charge is 0.331 e. The van der Waals surface area contributed by atoms with Crippen LogP contribution in [0.5, 0.6) is 0 Å². The topological polar surface area (TPSA) is 73.2 Å². The van der Waals surface area contributed by atoms with Crippen LogP contribution in [0.2, 0.25) is 0 Å². The summed E-state index contributed by atoms with van der Waals surface area (Å²) < 4.78 is 20.1. The number of imidazole rings is 1. The highest BCUT2D eigenvalue weighted by Gasteiger charge is 2.41. The number of carbonyl (C=O) groups is 2. The number of benzene rings is 1. The van der Waals surface area contributed by atoms with E-state index in [0.717, 1.165) is 19.3 Å². The van der Waals surface area contributed by atoms with Crippen molar-refractivity contribution in [2.45, 2.75) is 42.8 Å². The van der Waals surface area contributed by atoms with Gasteiger partial charge >= 0.3 is 5.97 Å². The Balaban J connectivity index is 1.66. The SMILES string of the molecule is COC(=O)C1(NC(=O)CSc2nccn2-c2cccc(F)c2)CCCCC1. The Morgan fingerprint density at radius 2 is 2.11 bits per heavy atom. The highest BCUT2D eigenvalue weighted by atomic mass is 32.2. The number of methoxy groups -OCH3 is 1. The van der Waals surface area contributed by atoms with E-state index in [4.69, 9.17) is 4.74 Å². The molecule has 1 aromatic heterocycles. The van der Waals surface area contributed by atoms with E-state index in [1.807, 2.05) is 0 Å². The average molecular weight is 391 g/mol. The summed E-state index contributed by atoms with van der Waals surface area (Å²) in [6, 6.07) is 6.16. The molecule has 1 N–H and O–H groups in total. The van der Waals surface area contributed by atoms with Crippen molar-refractivity contribution in [3.05, 3.63) is 42.5 Å². The molecule has 0 saturated heterocycles. The Hall–Kier alpha value is -2.35. The Morgan fingerprint density at radius 3 is 2.81 bits per heavy atom. The molecule has 0 aliphatic heterocycles. The van der Waals surface area contributed by atoms with Crippen LogP contribution in [0.4, 0.5) is 4.39 Å². The fraction of sp³-hybridized carbons (Fsp3) is 0.421. The molecule has 0 unspecified atom stereocenters. The molecule has 2 aromatic rings. The third-order valence-corrected chi connectivity index (χ3v) is 5.65. The standard InChI is InChI=1S/C19H22FN3O3S/c1-26-17(25)19(8-3-2-4-9-19)22-16(24)13-27-18-21-10-11-23(18)15-7-5-6-14(20)12-15/h5-7,10-12H,2-4,8-9,13H2,1H3,(H,22,24). The van der Waals surface area contributed by atoms with Crippen LogP contribution in [-0.4, -0.2) is 39.8 Å².